The topological polar surface area (TPSA) is 6.48 Å². The molecule has 84 valence electrons. The van der Waals surface area contributed by atoms with E-state index in [4.69, 9.17) is 0 Å². The van der Waals surface area contributed by atoms with Crippen molar-refractivity contribution in [1.29, 1.82) is 0 Å². The Hall–Kier alpha value is -1.15. The lowest BCUT2D eigenvalue weighted by molar-refractivity contribution is -0.0749. The average Bonchev–Trinajstić information content (AvgIpc) is 2.18. The molecule has 0 saturated heterocycles. The summed E-state index contributed by atoms with van der Waals surface area (Å²) in [4.78, 5) is 0. The number of nitrogens with zero attached hydrogens (tertiary/aromatic N) is 2. The van der Waals surface area contributed by atoms with Crippen LogP contribution in [-0.4, -0.2) is 10.5 Å². The molecule has 0 radical (unpaired) electrons. The molecule has 1 aromatic rings. The Kier molecular flexibility index (Phi) is 4.04. The summed E-state index contributed by atoms with van der Waals surface area (Å²) in [6, 6.07) is 6.38. The second-order valence-corrected chi connectivity index (χ2v) is 3.13. The van der Waals surface area contributed by atoms with Gasteiger partial charge in [-0.15, -0.1) is 7.77 Å². The van der Waals surface area contributed by atoms with Gasteiger partial charge in [-0.05, 0) is 12.1 Å². The Balaban J connectivity index is 3.03. The summed E-state index contributed by atoms with van der Waals surface area (Å²) in [5.74, 6) is 0. The maximum absolute atomic E-state index is 13.1. The zero-order valence-corrected chi connectivity index (χ0v) is 7.90. The minimum absolute atomic E-state index is 0.388. The van der Waals surface area contributed by atoms with Crippen molar-refractivity contribution in [3.05, 3.63) is 30.3 Å². The molecule has 2 nitrogen and oxygen atoms in total. The quantitative estimate of drug-likeness (QED) is 0.423. The van der Waals surface area contributed by atoms with Crippen molar-refractivity contribution in [3.63, 3.8) is 0 Å². The van der Waals surface area contributed by atoms with Gasteiger partial charge in [-0.25, -0.2) is 0 Å². The van der Waals surface area contributed by atoms with E-state index < -0.39 is 26.8 Å². The molecule has 1 rings (SSSR count). The third-order valence-electron chi connectivity index (χ3n) is 1.43. The minimum Gasteiger partial charge on any atom is -0.152 e. The predicted molar refractivity (Wildman–Crippen MR) is 48.9 cm³/mol. The lowest BCUT2D eigenvalue weighted by atomic mass is 10.3. The van der Waals surface area contributed by atoms with Crippen molar-refractivity contribution in [2.45, 2.75) is 0 Å². The lowest BCUT2D eigenvalue weighted by Crippen LogP contribution is -2.30. The molecule has 8 heteroatoms. The Morgan fingerprint density at radius 3 is 1.93 bits per heavy atom. The average molecular weight is 244 g/mol. The number of para-hydroxylation sites is 1. The van der Waals surface area contributed by atoms with Crippen LogP contribution < -0.4 is 5.12 Å². The van der Waals surface area contributed by atoms with Crippen molar-refractivity contribution >= 4 is 22.1 Å². The first-order valence-corrected chi connectivity index (χ1v) is 4.63. The molecule has 0 amide bonds. The summed E-state index contributed by atoms with van der Waals surface area (Å²) in [6.45, 7) is 0. The second kappa shape index (κ2) is 5.08. The van der Waals surface area contributed by atoms with E-state index >= 15 is 0 Å². The monoisotopic (exact) mass is 244 g/mol. The first kappa shape index (κ1) is 11.9. The molecule has 1 aromatic carbocycles. The van der Waals surface area contributed by atoms with E-state index in [9.17, 15) is 21.2 Å². The molecule has 0 bridgehead atoms. The van der Waals surface area contributed by atoms with Gasteiger partial charge in [0.25, 0.3) is 5.11 Å². The summed E-state index contributed by atoms with van der Waals surface area (Å²) < 4.78 is 61.1. The largest absolute Gasteiger partial charge is 0.267 e. The fraction of sp³-hybridized carbons (Fsp3) is 0. The third kappa shape index (κ3) is 2.90. The summed E-state index contributed by atoms with van der Waals surface area (Å²) in [6.07, 6.45) is 0. The summed E-state index contributed by atoms with van der Waals surface area (Å²) in [5.41, 5.74) is -0.388. The van der Waals surface area contributed by atoms with Crippen molar-refractivity contribution in [2.75, 3.05) is 5.12 Å². The van der Waals surface area contributed by atoms with Gasteiger partial charge in [0.2, 0.25) is 11.3 Å². The highest BCUT2D eigenvalue weighted by Crippen LogP contribution is 2.26. The number of anilines is 1. The van der Waals surface area contributed by atoms with E-state index in [0.29, 0.717) is 0 Å². The molecular formula is C7H5F5N2S. The molecule has 0 aromatic heterocycles. The summed E-state index contributed by atoms with van der Waals surface area (Å²) in [5, 5.41) is -4.67. The lowest BCUT2D eigenvalue weighted by Gasteiger charge is -2.14. The van der Waals surface area contributed by atoms with Crippen molar-refractivity contribution in [2.24, 2.45) is 0 Å². The van der Waals surface area contributed by atoms with Gasteiger partial charge in [-0.3, -0.25) is 0 Å². The molecule has 0 fully saturated rings. The van der Waals surface area contributed by atoms with Crippen LogP contribution in [0.4, 0.5) is 26.9 Å². The highest BCUT2D eigenvalue weighted by atomic mass is 32.2. The van der Waals surface area contributed by atoms with Crippen LogP contribution in [0.2, 0.25) is 0 Å². The molecule has 15 heavy (non-hydrogen) atoms. The van der Waals surface area contributed by atoms with E-state index in [-0.39, 0.29) is 5.69 Å². The number of hydrogen-bond acceptors (Lipinski definition) is 0. The molecule has 0 spiro atoms. The third-order valence-corrected chi connectivity index (χ3v) is 2.01. The Bertz CT molecular complexity index is 352. The van der Waals surface area contributed by atoms with Crippen LogP contribution in [0.15, 0.2) is 30.3 Å². The zero-order valence-electron chi connectivity index (χ0n) is 7.08. The molecule has 0 N–H and O–H groups in total. The van der Waals surface area contributed by atoms with Crippen molar-refractivity contribution in [3.8, 4) is 0 Å². The Labute approximate surface area is 84.8 Å². The molecule has 0 heterocycles. The van der Waals surface area contributed by atoms with Crippen LogP contribution in [0.5, 0.6) is 0 Å². The predicted octanol–water partition coefficient (Wildman–Crippen LogP) is 3.57. The van der Waals surface area contributed by atoms with Gasteiger partial charge < -0.3 is 0 Å². The molecular weight excluding hydrogens is 239 g/mol. The standard InChI is InChI=1S/C7H5F5N2S/c8-13(6-4-2-1-3-5-6)7(14(9)10)15(11)12/h1-5H. The van der Waals surface area contributed by atoms with Gasteiger partial charge in [0.05, 0.1) is 11.0 Å². The normalized spacial score (nSPS) is 10.9. The first-order valence-electron chi connectivity index (χ1n) is 3.60. The molecule has 0 aliphatic carbocycles. The molecule has 0 atom stereocenters. The van der Waals surface area contributed by atoms with Crippen molar-refractivity contribution < 1.29 is 21.2 Å². The summed E-state index contributed by atoms with van der Waals surface area (Å²) in [7, 11) is 0. The molecule has 0 unspecified atom stereocenters. The smallest absolute Gasteiger partial charge is 0.152 e. The Morgan fingerprint density at radius 2 is 1.53 bits per heavy atom. The van der Waals surface area contributed by atoms with Gasteiger partial charge in [0, 0.05) is 0 Å². The number of halogens is 5. The number of benzene rings is 1. The molecule has 0 saturated carbocycles. The minimum atomic E-state index is -3.87. The Morgan fingerprint density at radius 1 is 1.00 bits per heavy atom. The molecule has 0 aliphatic heterocycles. The fourth-order valence-corrected chi connectivity index (χ4v) is 1.18. The van der Waals surface area contributed by atoms with Crippen LogP contribution in [0.1, 0.15) is 0 Å². The van der Waals surface area contributed by atoms with Gasteiger partial charge >= 0.3 is 0 Å². The first-order chi connectivity index (χ1) is 7.04. The van der Waals surface area contributed by atoms with E-state index in [1.54, 1.807) is 0 Å². The van der Waals surface area contributed by atoms with Crippen LogP contribution in [0.25, 0.3) is 0 Å². The van der Waals surface area contributed by atoms with E-state index in [2.05, 4.69) is 0 Å². The maximum Gasteiger partial charge on any atom is 0.267 e. The van der Waals surface area contributed by atoms with Crippen LogP contribution in [0.3, 0.4) is 0 Å². The van der Waals surface area contributed by atoms with Gasteiger partial charge in [-0.2, -0.15) is 5.12 Å². The summed E-state index contributed by atoms with van der Waals surface area (Å²) >= 11 is -3.87. The SMILES string of the molecule is FN(F)C(N(F)c1ccccc1)=S(F)F. The highest BCUT2D eigenvalue weighted by Gasteiger charge is 2.25. The highest BCUT2D eigenvalue weighted by molar-refractivity contribution is 8.07. The van der Waals surface area contributed by atoms with Gasteiger partial charge in [-0.1, -0.05) is 31.6 Å². The number of rotatable bonds is 1. The van der Waals surface area contributed by atoms with E-state index in [0.717, 1.165) is 12.1 Å². The molecule has 0 aliphatic rings. The number of hydrogen-bond donors (Lipinski definition) is 0. The van der Waals surface area contributed by atoms with Crippen LogP contribution >= 0.6 is 11.3 Å². The fourth-order valence-electron chi connectivity index (χ4n) is 0.848. The van der Waals surface area contributed by atoms with E-state index in [1.807, 2.05) is 0 Å². The van der Waals surface area contributed by atoms with Gasteiger partial charge in [0.1, 0.15) is 0 Å². The van der Waals surface area contributed by atoms with Crippen molar-refractivity contribution in [1.82, 2.24) is 5.34 Å². The second-order valence-electron chi connectivity index (χ2n) is 2.34. The van der Waals surface area contributed by atoms with Crippen LogP contribution in [-0.2, 0) is 0 Å². The van der Waals surface area contributed by atoms with Crippen LogP contribution in [0, 0.1) is 0 Å². The zero-order chi connectivity index (χ0) is 11.4. The van der Waals surface area contributed by atoms with E-state index in [1.165, 1.54) is 18.2 Å². The maximum atomic E-state index is 13.1. The van der Waals surface area contributed by atoms with Gasteiger partial charge in [0.15, 0.2) is 0 Å².